The van der Waals surface area contributed by atoms with E-state index in [1.165, 1.54) is 83.5 Å². The molecule has 3 heteroatoms. The van der Waals surface area contributed by atoms with Crippen molar-refractivity contribution in [3.63, 3.8) is 0 Å². The fraction of sp³-hybridized carbons (Fsp3) is 0.0204. The molecule has 0 saturated carbocycles. The average molecular weight is 664 g/mol. The van der Waals surface area contributed by atoms with Crippen molar-refractivity contribution in [3.8, 4) is 39.1 Å². The first-order valence-electron chi connectivity index (χ1n) is 18.0. The Bertz CT molecular complexity index is 2780. The van der Waals surface area contributed by atoms with Crippen LogP contribution in [-0.2, 0) is 0 Å². The molecule has 2 aliphatic heterocycles. The molecule has 11 rings (SSSR count). The normalized spacial score (nSPS) is 14.3. The van der Waals surface area contributed by atoms with Crippen molar-refractivity contribution >= 4 is 44.6 Å². The summed E-state index contributed by atoms with van der Waals surface area (Å²) < 4.78 is 2.39. The van der Waals surface area contributed by atoms with E-state index in [0.29, 0.717) is 0 Å². The van der Waals surface area contributed by atoms with E-state index in [-0.39, 0.29) is 6.17 Å². The smallest absolute Gasteiger partial charge is 0.138 e. The Hall–Kier alpha value is -6.84. The molecule has 3 heterocycles. The lowest BCUT2D eigenvalue weighted by Gasteiger charge is -2.50. The second-order valence-electron chi connectivity index (χ2n) is 13.7. The first kappa shape index (κ1) is 28.9. The zero-order valence-corrected chi connectivity index (χ0v) is 28.4. The number of hydrogen-bond acceptors (Lipinski definition) is 2. The summed E-state index contributed by atoms with van der Waals surface area (Å²) in [6.45, 7) is 0. The third-order valence-corrected chi connectivity index (χ3v) is 11.0. The van der Waals surface area contributed by atoms with Crippen LogP contribution in [0.4, 0.5) is 22.7 Å². The Morgan fingerprint density at radius 1 is 0.327 bits per heavy atom. The molecule has 2 aliphatic rings. The highest BCUT2D eigenvalue weighted by Crippen LogP contribution is 2.58. The molecule has 0 fully saturated rings. The summed E-state index contributed by atoms with van der Waals surface area (Å²) in [5, 5.41) is 2.53. The molecule has 0 N–H and O–H groups in total. The van der Waals surface area contributed by atoms with Gasteiger partial charge in [-0.3, -0.25) is 0 Å². The number of hydrogen-bond donors (Lipinski definition) is 0. The minimum atomic E-state index is -0.0865. The number of rotatable bonds is 4. The van der Waals surface area contributed by atoms with Gasteiger partial charge in [0.05, 0.1) is 22.4 Å². The van der Waals surface area contributed by atoms with Crippen molar-refractivity contribution in [1.82, 2.24) is 4.57 Å². The molecule has 1 aromatic heterocycles. The fourth-order valence-electron chi connectivity index (χ4n) is 8.84. The summed E-state index contributed by atoms with van der Waals surface area (Å²) in [6.07, 6.45) is -0.0865. The SMILES string of the molecule is c1ccc(N2c3ccccc3-c3cccc4c3C2N(c2ccc(-c3cccc5c3c3ccccc3n5-c3ccccc3)cc2)c2ccccc2-4)cc1. The van der Waals surface area contributed by atoms with Gasteiger partial charge in [0.1, 0.15) is 6.17 Å². The molecule has 8 aromatic carbocycles. The van der Waals surface area contributed by atoms with Crippen molar-refractivity contribution in [3.05, 3.63) is 200 Å². The first-order valence-corrected chi connectivity index (χ1v) is 18.0. The molecule has 3 nitrogen and oxygen atoms in total. The van der Waals surface area contributed by atoms with Crippen LogP contribution in [0.1, 0.15) is 11.7 Å². The summed E-state index contributed by atoms with van der Waals surface area (Å²) >= 11 is 0. The molecule has 9 aromatic rings. The summed E-state index contributed by atoms with van der Waals surface area (Å²) in [5.41, 5.74) is 17.2. The molecular formula is C49H33N3. The Morgan fingerprint density at radius 2 is 0.808 bits per heavy atom. The van der Waals surface area contributed by atoms with Gasteiger partial charge in [-0.2, -0.15) is 0 Å². The minimum absolute atomic E-state index is 0.0865. The van der Waals surface area contributed by atoms with Crippen LogP contribution in [0, 0.1) is 0 Å². The van der Waals surface area contributed by atoms with E-state index in [9.17, 15) is 0 Å². The van der Waals surface area contributed by atoms with E-state index in [1.807, 2.05) is 0 Å². The van der Waals surface area contributed by atoms with Crippen LogP contribution in [0.5, 0.6) is 0 Å². The molecule has 1 atom stereocenters. The quantitative estimate of drug-likeness (QED) is 0.186. The van der Waals surface area contributed by atoms with Gasteiger partial charge in [0.2, 0.25) is 0 Å². The van der Waals surface area contributed by atoms with Crippen LogP contribution in [0.3, 0.4) is 0 Å². The molecule has 0 bridgehead atoms. The van der Waals surface area contributed by atoms with Crippen LogP contribution in [-0.4, -0.2) is 4.57 Å². The van der Waals surface area contributed by atoms with Crippen molar-refractivity contribution in [1.29, 1.82) is 0 Å². The highest BCUT2D eigenvalue weighted by Gasteiger charge is 2.42. The minimum Gasteiger partial charge on any atom is -0.315 e. The van der Waals surface area contributed by atoms with Gasteiger partial charge in [-0.25, -0.2) is 0 Å². The Kier molecular flexibility index (Phi) is 6.31. The van der Waals surface area contributed by atoms with Gasteiger partial charge >= 0.3 is 0 Å². The summed E-state index contributed by atoms with van der Waals surface area (Å²) in [4.78, 5) is 5.08. The molecule has 1 unspecified atom stereocenters. The van der Waals surface area contributed by atoms with Gasteiger partial charge in [0, 0.05) is 44.5 Å². The fourth-order valence-corrected chi connectivity index (χ4v) is 8.84. The topological polar surface area (TPSA) is 11.4 Å². The maximum Gasteiger partial charge on any atom is 0.138 e. The highest BCUT2D eigenvalue weighted by atomic mass is 15.4. The summed E-state index contributed by atoms with van der Waals surface area (Å²) in [5.74, 6) is 0. The van der Waals surface area contributed by atoms with Crippen LogP contribution >= 0.6 is 0 Å². The Balaban J connectivity index is 1.11. The van der Waals surface area contributed by atoms with Crippen molar-refractivity contribution in [2.75, 3.05) is 9.80 Å². The molecule has 0 radical (unpaired) electrons. The van der Waals surface area contributed by atoms with E-state index in [0.717, 1.165) is 5.69 Å². The van der Waals surface area contributed by atoms with Crippen molar-refractivity contribution < 1.29 is 0 Å². The van der Waals surface area contributed by atoms with Gasteiger partial charge in [0.25, 0.3) is 0 Å². The second-order valence-corrected chi connectivity index (χ2v) is 13.7. The van der Waals surface area contributed by atoms with Crippen molar-refractivity contribution in [2.45, 2.75) is 6.17 Å². The zero-order valence-electron chi connectivity index (χ0n) is 28.4. The number of anilines is 4. The van der Waals surface area contributed by atoms with Crippen LogP contribution in [0.2, 0.25) is 0 Å². The first-order chi connectivity index (χ1) is 25.8. The number of benzene rings is 8. The van der Waals surface area contributed by atoms with Crippen LogP contribution < -0.4 is 9.80 Å². The van der Waals surface area contributed by atoms with E-state index in [4.69, 9.17) is 0 Å². The summed E-state index contributed by atoms with van der Waals surface area (Å²) in [6, 6.07) is 70.9. The van der Waals surface area contributed by atoms with E-state index in [1.54, 1.807) is 0 Å². The number of aromatic nitrogens is 1. The largest absolute Gasteiger partial charge is 0.315 e. The lowest BCUT2D eigenvalue weighted by molar-refractivity contribution is 0.694. The third kappa shape index (κ3) is 4.14. The molecule has 0 aliphatic carbocycles. The zero-order chi connectivity index (χ0) is 34.2. The standard InChI is InChI=1S/C49H33N3/c1-3-15-34(16-4-1)50-45-27-12-9-21-42(45)47-37(22-14-28-46(47)50)33-29-31-36(32-30-33)52-44-26-11-8-20-39(44)41-24-13-23-40-38-19-7-10-25-43(38)51(49(52)48(40)41)35-17-5-2-6-18-35/h1-32,49H. The van der Waals surface area contributed by atoms with Gasteiger partial charge in [-0.05, 0) is 82.9 Å². The number of para-hydroxylation sites is 5. The molecule has 52 heavy (non-hydrogen) atoms. The van der Waals surface area contributed by atoms with E-state index in [2.05, 4.69) is 208 Å². The molecule has 0 saturated heterocycles. The molecular weight excluding hydrogens is 631 g/mol. The van der Waals surface area contributed by atoms with Gasteiger partial charge < -0.3 is 14.4 Å². The molecule has 244 valence electrons. The van der Waals surface area contributed by atoms with Gasteiger partial charge in [-0.15, -0.1) is 0 Å². The third-order valence-electron chi connectivity index (χ3n) is 11.0. The molecule has 0 amide bonds. The predicted octanol–water partition coefficient (Wildman–Crippen LogP) is 13.1. The van der Waals surface area contributed by atoms with Crippen molar-refractivity contribution in [2.24, 2.45) is 0 Å². The van der Waals surface area contributed by atoms with Crippen LogP contribution in [0.15, 0.2) is 194 Å². The predicted molar refractivity (Wildman–Crippen MR) is 217 cm³/mol. The van der Waals surface area contributed by atoms with Gasteiger partial charge in [0.15, 0.2) is 0 Å². The molecule has 0 spiro atoms. The number of fused-ring (bicyclic) bond motifs is 7. The van der Waals surface area contributed by atoms with E-state index < -0.39 is 0 Å². The maximum absolute atomic E-state index is 2.55. The lowest BCUT2D eigenvalue weighted by atomic mass is 9.81. The Labute approximate surface area is 302 Å². The van der Waals surface area contributed by atoms with Crippen LogP contribution in [0.25, 0.3) is 60.9 Å². The Morgan fingerprint density at radius 3 is 1.48 bits per heavy atom. The monoisotopic (exact) mass is 663 g/mol. The lowest BCUT2D eigenvalue weighted by Crippen LogP contribution is -2.41. The number of nitrogens with zero attached hydrogens (tertiary/aromatic N) is 3. The second kappa shape index (κ2) is 11.3. The summed E-state index contributed by atoms with van der Waals surface area (Å²) in [7, 11) is 0. The van der Waals surface area contributed by atoms with E-state index >= 15 is 0 Å². The average Bonchev–Trinajstić information content (AvgIpc) is 3.56. The highest BCUT2D eigenvalue weighted by molar-refractivity contribution is 6.15. The van der Waals surface area contributed by atoms with Gasteiger partial charge in [-0.1, -0.05) is 133 Å². The maximum atomic E-state index is 2.55.